The van der Waals surface area contributed by atoms with Gasteiger partial charge in [-0.3, -0.25) is 9.59 Å². The van der Waals surface area contributed by atoms with E-state index in [0.29, 0.717) is 44.2 Å². The maximum atomic E-state index is 11.5. The summed E-state index contributed by atoms with van der Waals surface area (Å²) in [6, 6.07) is 16.9. The fourth-order valence-electron chi connectivity index (χ4n) is 5.95. The van der Waals surface area contributed by atoms with Gasteiger partial charge in [0, 0.05) is 49.6 Å². The van der Waals surface area contributed by atoms with Crippen molar-refractivity contribution in [1.29, 1.82) is 0 Å². The average molecular weight is 786 g/mol. The van der Waals surface area contributed by atoms with E-state index in [2.05, 4.69) is 22.8 Å². The van der Waals surface area contributed by atoms with E-state index >= 15 is 0 Å². The molecule has 0 heterocycles. The Morgan fingerprint density at radius 2 is 1.02 bits per heavy atom. The Hall–Kier alpha value is -4.56. The summed E-state index contributed by atoms with van der Waals surface area (Å²) in [6.45, 7) is 4.33. The molecule has 0 amide bonds. The van der Waals surface area contributed by atoms with Gasteiger partial charge in [-0.25, -0.2) is 0 Å². The number of aliphatic carboxylic acids is 2. The second kappa shape index (κ2) is 20.2. The summed E-state index contributed by atoms with van der Waals surface area (Å²) in [5, 5.41) is 43.7. The smallest absolute Gasteiger partial charge is 0.320 e. The van der Waals surface area contributed by atoms with Crippen molar-refractivity contribution < 1.29 is 49.0 Å². The van der Waals surface area contributed by atoms with E-state index in [9.17, 15) is 30.0 Å². The molecule has 54 heavy (non-hydrogen) atoms. The van der Waals surface area contributed by atoms with Crippen molar-refractivity contribution in [3.05, 3.63) is 104 Å². The molecule has 0 radical (unpaired) electrons. The molecule has 0 saturated carbocycles. The zero-order valence-electron chi connectivity index (χ0n) is 30.6. The van der Waals surface area contributed by atoms with Crippen LogP contribution in [-0.2, 0) is 35.9 Å². The molecule has 4 rings (SSSR count). The Balaban J connectivity index is 1.48. The Morgan fingerprint density at radius 3 is 1.35 bits per heavy atom. The van der Waals surface area contributed by atoms with Crippen LogP contribution >= 0.6 is 23.2 Å². The molecule has 0 spiro atoms. The van der Waals surface area contributed by atoms with Gasteiger partial charge in [0.05, 0.1) is 24.3 Å². The van der Waals surface area contributed by atoms with Crippen molar-refractivity contribution in [3.63, 3.8) is 0 Å². The third kappa shape index (κ3) is 10.8. The standard InChI is InChI=1S/C40H46Cl2N2O10/c1-23-25(21-53-37-17-35(51-3)27(15-31(37)41)19-43-33(11-13-45)39(47)48)7-5-9-29(23)30-10-6-8-26(24(30)2)22-54-38-18-36(52-4)28(16-32(38)42)20-44-34(12-14-46)40(49)50/h5-10,15-18,33-34,43-46H,11-14,19-22H2,1-4H3,(H,47,48)(H,49,50). The van der Waals surface area contributed by atoms with Crippen LogP contribution < -0.4 is 29.6 Å². The van der Waals surface area contributed by atoms with Gasteiger partial charge in [0.15, 0.2) is 0 Å². The zero-order chi connectivity index (χ0) is 39.4. The van der Waals surface area contributed by atoms with Crippen LogP contribution in [0.3, 0.4) is 0 Å². The third-order valence-electron chi connectivity index (χ3n) is 9.13. The van der Waals surface area contributed by atoms with Crippen LogP contribution in [0, 0.1) is 13.8 Å². The Kier molecular flexibility index (Phi) is 15.8. The van der Waals surface area contributed by atoms with E-state index in [0.717, 1.165) is 33.4 Å². The topological polar surface area (TPSA) is 176 Å². The number of hydrogen-bond acceptors (Lipinski definition) is 10. The highest BCUT2D eigenvalue weighted by Gasteiger charge is 2.20. The molecule has 2 unspecified atom stereocenters. The van der Waals surface area contributed by atoms with Crippen LogP contribution in [0.5, 0.6) is 23.0 Å². The van der Waals surface area contributed by atoms with Crippen molar-refractivity contribution in [3.8, 4) is 34.1 Å². The number of nitrogens with one attached hydrogen (secondary N) is 2. The number of aliphatic hydroxyl groups excluding tert-OH is 2. The lowest BCUT2D eigenvalue weighted by Gasteiger charge is -2.19. The number of hydrogen-bond donors (Lipinski definition) is 6. The number of benzene rings is 4. The predicted octanol–water partition coefficient (Wildman–Crippen LogP) is 6.30. The molecule has 0 aliphatic heterocycles. The number of carboxylic acid groups (broad SMARTS) is 2. The molecule has 12 nitrogen and oxygen atoms in total. The zero-order valence-corrected chi connectivity index (χ0v) is 32.1. The van der Waals surface area contributed by atoms with Crippen LogP contribution in [0.15, 0.2) is 60.7 Å². The molecular formula is C40H46Cl2N2O10. The second-order valence-corrected chi connectivity index (χ2v) is 13.3. The summed E-state index contributed by atoms with van der Waals surface area (Å²) in [5.74, 6) is -0.343. The molecule has 0 aliphatic rings. The lowest BCUT2D eigenvalue weighted by atomic mass is 9.92. The van der Waals surface area contributed by atoms with E-state index in [1.165, 1.54) is 14.2 Å². The van der Waals surface area contributed by atoms with Crippen molar-refractivity contribution >= 4 is 35.1 Å². The van der Waals surface area contributed by atoms with Crippen molar-refractivity contribution in [2.75, 3.05) is 27.4 Å². The summed E-state index contributed by atoms with van der Waals surface area (Å²) in [6.07, 6.45) is 0.127. The van der Waals surface area contributed by atoms with E-state index < -0.39 is 24.0 Å². The van der Waals surface area contributed by atoms with Gasteiger partial charge in [0.1, 0.15) is 48.3 Å². The molecule has 4 aromatic carbocycles. The molecule has 0 bridgehead atoms. The molecule has 0 saturated heterocycles. The normalized spacial score (nSPS) is 12.2. The van der Waals surface area contributed by atoms with Crippen molar-refractivity contribution in [2.24, 2.45) is 0 Å². The van der Waals surface area contributed by atoms with Gasteiger partial charge >= 0.3 is 11.9 Å². The number of aliphatic hydroxyl groups is 2. The van der Waals surface area contributed by atoms with Gasteiger partial charge in [0.25, 0.3) is 0 Å². The SMILES string of the molecule is COc1cc(OCc2cccc(-c3cccc(COc4cc(OC)c(CNC(CCO)C(=O)O)cc4Cl)c3C)c2C)c(Cl)cc1CNC(CCO)C(=O)O. The molecule has 0 aromatic heterocycles. The Bertz CT molecular complexity index is 1790. The predicted molar refractivity (Wildman–Crippen MR) is 206 cm³/mol. The lowest BCUT2D eigenvalue weighted by Crippen LogP contribution is -2.37. The minimum atomic E-state index is -1.06. The summed E-state index contributed by atoms with van der Waals surface area (Å²) < 4.78 is 23.5. The number of ether oxygens (including phenoxy) is 4. The van der Waals surface area contributed by atoms with Crippen molar-refractivity contribution in [1.82, 2.24) is 10.6 Å². The maximum absolute atomic E-state index is 11.5. The van der Waals surface area contributed by atoms with Gasteiger partial charge in [-0.05, 0) is 72.2 Å². The molecule has 290 valence electrons. The summed E-state index contributed by atoms with van der Waals surface area (Å²) in [7, 11) is 3.02. The monoisotopic (exact) mass is 784 g/mol. The van der Waals surface area contributed by atoms with Gasteiger partial charge in [-0.1, -0.05) is 59.6 Å². The highest BCUT2D eigenvalue weighted by molar-refractivity contribution is 6.32. The summed E-state index contributed by atoms with van der Waals surface area (Å²) >= 11 is 13.2. The third-order valence-corrected chi connectivity index (χ3v) is 9.72. The molecule has 0 aliphatic carbocycles. The number of rotatable bonds is 21. The number of methoxy groups -OCH3 is 2. The van der Waals surface area contributed by atoms with Crippen LogP contribution in [0.2, 0.25) is 10.0 Å². The first-order valence-corrected chi connectivity index (χ1v) is 18.0. The molecule has 2 atom stereocenters. The Morgan fingerprint density at radius 1 is 0.630 bits per heavy atom. The van der Waals surface area contributed by atoms with Crippen LogP contribution in [0.1, 0.15) is 46.2 Å². The van der Waals surface area contributed by atoms with Gasteiger partial charge in [-0.15, -0.1) is 0 Å². The van der Waals surface area contributed by atoms with Gasteiger partial charge < -0.3 is 50.0 Å². The van der Waals surface area contributed by atoms with E-state index in [4.69, 9.17) is 42.1 Å². The van der Waals surface area contributed by atoms with Gasteiger partial charge in [0.2, 0.25) is 0 Å². The minimum Gasteiger partial charge on any atom is -0.496 e. The maximum Gasteiger partial charge on any atom is 0.320 e. The molecule has 14 heteroatoms. The fraction of sp³-hybridized carbons (Fsp3) is 0.350. The first-order chi connectivity index (χ1) is 25.9. The highest BCUT2D eigenvalue weighted by atomic mass is 35.5. The van der Waals surface area contributed by atoms with Gasteiger partial charge in [-0.2, -0.15) is 0 Å². The van der Waals surface area contributed by atoms with E-state index in [-0.39, 0.29) is 52.4 Å². The largest absolute Gasteiger partial charge is 0.496 e. The number of carboxylic acids is 2. The quantitative estimate of drug-likeness (QED) is 0.0557. The average Bonchev–Trinajstić information content (AvgIpc) is 3.15. The van der Waals surface area contributed by atoms with Crippen LogP contribution in [0.4, 0.5) is 0 Å². The molecular weight excluding hydrogens is 739 g/mol. The number of carbonyl (C=O) groups is 2. The first-order valence-electron chi connectivity index (χ1n) is 17.2. The summed E-state index contributed by atoms with van der Waals surface area (Å²) in [5.41, 5.74) is 7.27. The molecule has 0 fully saturated rings. The van der Waals surface area contributed by atoms with E-state index in [1.54, 1.807) is 24.3 Å². The molecule has 4 aromatic rings. The first kappa shape index (κ1) is 42.2. The summed E-state index contributed by atoms with van der Waals surface area (Å²) in [4.78, 5) is 23.0. The highest BCUT2D eigenvalue weighted by Crippen LogP contribution is 2.37. The van der Waals surface area contributed by atoms with E-state index in [1.807, 2.05) is 38.1 Å². The minimum absolute atomic E-state index is 0.0636. The lowest BCUT2D eigenvalue weighted by molar-refractivity contribution is -0.140. The molecule has 6 N–H and O–H groups in total. The van der Waals surface area contributed by atoms with Crippen molar-refractivity contribution in [2.45, 2.75) is 65.1 Å². The van der Waals surface area contributed by atoms with Crippen LogP contribution in [0.25, 0.3) is 11.1 Å². The number of halogens is 2. The second-order valence-electron chi connectivity index (χ2n) is 12.5. The van der Waals surface area contributed by atoms with Crippen LogP contribution in [-0.4, -0.2) is 71.9 Å². The fourth-order valence-corrected chi connectivity index (χ4v) is 6.44. The Labute approximate surface area is 324 Å².